The Kier molecular flexibility index (Phi) is 4.79. The fraction of sp³-hybridized carbons (Fsp3) is 0.333. The van der Waals surface area contributed by atoms with E-state index < -0.39 is 24.5 Å². The second kappa shape index (κ2) is 6.11. The van der Waals surface area contributed by atoms with Gasteiger partial charge in [0.05, 0.1) is 6.04 Å². The van der Waals surface area contributed by atoms with Gasteiger partial charge in [-0.15, -0.1) is 0 Å². The van der Waals surface area contributed by atoms with Crippen molar-refractivity contribution in [1.29, 1.82) is 0 Å². The molecule has 1 unspecified atom stereocenters. The number of nitrogens with zero attached hydrogens (tertiary/aromatic N) is 1. The average molecular weight is 254 g/mol. The predicted molar refractivity (Wildman–Crippen MR) is 63.4 cm³/mol. The van der Waals surface area contributed by atoms with Gasteiger partial charge in [-0.1, -0.05) is 12.1 Å². The SMILES string of the molecule is CN(CC(=O)O)C(=O)C(N)Cc1ccc(F)cc1. The lowest BCUT2D eigenvalue weighted by Crippen LogP contribution is -2.44. The summed E-state index contributed by atoms with van der Waals surface area (Å²) in [5, 5.41) is 8.56. The maximum Gasteiger partial charge on any atom is 0.323 e. The molecule has 0 aromatic heterocycles. The fourth-order valence-corrected chi connectivity index (χ4v) is 1.53. The van der Waals surface area contributed by atoms with E-state index in [1.165, 1.54) is 19.2 Å². The minimum absolute atomic E-state index is 0.239. The first kappa shape index (κ1) is 14.1. The molecular weight excluding hydrogens is 239 g/mol. The van der Waals surface area contributed by atoms with Gasteiger partial charge in [0, 0.05) is 7.05 Å². The topological polar surface area (TPSA) is 83.6 Å². The maximum absolute atomic E-state index is 12.7. The van der Waals surface area contributed by atoms with E-state index >= 15 is 0 Å². The van der Waals surface area contributed by atoms with Gasteiger partial charge in [0.1, 0.15) is 12.4 Å². The molecule has 1 rings (SSSR count). The lowest BCUT2D eigenvalue weighted by atomic mass is 10.1. The summed E-state index contributed by atoms with van der Waals surface area (Å²) < 4.78 is 12.7. The summed E-state index contributed by atoms with van der Waals surface area (Å²) in [6.07, 6.45) is 0.239. The van der Waals surface area contributed by atoms with Crippen LogP contribution in [0.15, 0.2) is 24.3 Å². The number of carboxylic acid groups (broad SMARTS) is 1. The summed E-state index contributed by atoms with van der Waals surface area (Å²) in [4.78, 5) is 23.2. The van der Waals surface area contributed by atoms with Crippen molar-refractivity contribution in [3.8, 4) is 0 Å². The van der Waals surface area contributed by atoms with Crippen molar-refractivity contribution in [1.82, 2.24) is 4.90 Å². The second-order valence-electron chi connectivity index (χ2n) is 4.03. The Bertz CT molecular complexity index is 433. The van der Waals surface area contributed by atoms with Crippen LogP contribution in [0, 0.1) is 5.82 Å². The van der Waals surface area contributed by atoms with Crippen LogP contribution < -0.4 is 5.73 Å². The Hall–Kier alpha value is -1.95. The Balaban J connectivity index is 2.59. The van der Waals surface area contributed by atoms with Gasteiger partial charge in [0.15, 0.2) is 0 Å². The first-order valence-corrected chi connectivity index (χ1v) is 5.37. The van der Waals surface area contributed by atoms with E-state index in [9.17, 15) is 14.0 Å². The van der Waals surface area contributed by atoms with E-state index in [4.69, 9.17) is 10.8 Å². The van der Waals surface area contributed by atoms with Crippen LogP contribution in [0.4, 0.5) is 4.39 Å². The van der Waals surface area contributed by atoms with Crippen molar-refractivity contribution in [2.24, 2.45) is 5.73 Å². The third-order valence-corrected chi connectivity index (χ3v) is 2.43. The Morgan fingerprint density at radius 3 is 2.44 bits per heavy atom. The van der Waals surface area contributed by atoms with Gasteiger partial charge in [0.25, 0.3) is 0 Å². The molecule has 0 fully saturated rings. The number of hydrogen-bond acceptors (Lipinski definition) is 3. The molecule has 1 aromatic rings. The van der Waals surface area contributed by atoms with E-state index in [2.05, 4.69) is 0 Å². The highest BCUT2D eigenvalue weighted by molar-refractivity contribution is 5.85. The van der Waals surface area contributed by atoms with Crippen molar-refractivity contribution >= 4 is 11.9 Å². The Labute approximate surface area is 104 Å². The average Bonchev–Trinajstić information content (AvgIpc) is 2.30. The molecule has 1 aromatic carbocycles. The van der Waals surface area contributed by atoms with Gasteiger partial charge in [-0.2, -0.15) is 0 Å². The van der Waals surface area contributed by atoms with Crippen LogP contribution in [0.1, 0.15) is 5.56 Å². The molecule has 0 saturated heterocycles. The first-order chi connectivity index (χ1) is 8.40. The van der Waals surface area contributed by atoms with Crippen LogP contribution in [0.3, 0.4) is 0 Å². The molecule has 1 atom stereocenters. The predicted octanol–water partition coefficient (Wildman–Crippen LogP) is 0.238. The highest BCUT2D eigenvalue weighted by atomic mass is 19.1. The summed E-state index contributed by atoms with van der Waals surface area (Å²) in [5.41, 5.74) is 6.41. The van der Waals surface area contributed by atoms with Crippen molar-refractivity contribution < 1.29 is 19.1 Å². The molecule has 6 heteroatoms. The number of carboxylic acids is 1. The smallest absolute Gasteiger partial charge is 0.323 e. The van der Waals surface area contributed by atoms with Crippen LogP contribution in [-0.4, -0.2) is 41.5 Å². The second-order valence-corrected chi connectivity index (χ2v) is 4.03. The van der Waals surface area contributed by atoms with E-state index in [0.717, 1.165) is 10.5 Å². The highest BCUT2D eigenvalue weighted by Gasteiger charge is 2.19. The number of likely N-dealkylation sites (N-methyl/N-ethyl adjacent to an activating group) is 1. The molecule has 0 aliphatic heterocycles. The molecule has 1 amide bonds. The zero-order chi connectivity index (χ0) is 13.7. The number of rotatable bonds is 5. The zero-order valence-corrected chi connectivity index (χ0v) is 9.97. The molecule has 0 aliphatic carbocycles. The third kappa shape index (κ3) is 4.14. The quantitative estimate of drug-likeness (QED) is 0.788. The summed E-state index contributed by atoms with van der Waals surface area (Å²) >= 11 is 0. The van der Waals surface area contributed by atoms with Crippen molar-refractivity contribution in [3.05, 3.63) is 35.6 Å². The van der Waals surface area contributed by atoms with Crippen LogP contribution in [-0.2, 0) is 16.0 Å². The van der Waals surface area contributed by atoms with Gasteiger partial charge in [0.2, 0.25) is 5.91 Å². The van der Waals surface area contributed by atoms with E-state index in [-0.39, 0.29) is 12.2 Å². The minimum atomic E-state index is -1.10. The summed E-state index contributed by atoms with van der Waals surface area (Å²) in [5.74, 6) is -1.91. The van der Waals surface area contributed by atoms with Crippen molar-refractivity contribution in [3.63, 3.8) is 0 Å². The number of aliphatic carboxylic acids is 1. The van der Waals surface area contributed by atoms with Gasteiger partial charge < -0.3 is 15.7 Å². The monoisotopic (exact) mass is 254 g/mol. The normalized spacial score (nSPS) is 11.9. The molecule has 0 radical (unpaired) electrons. The van der Waals surface area contributed by atoms with Gasteiger partial charge >= 0.3 is 5.97 Å². The van der Waals surface area contributed by atoms with Gasteiger partial charge in [-0.05, 0) is 24.1 Å². The Morgan fingerprint density at radius 2 is 1.94 bits per heavy atom. The third-order valence-electron chi connectivity index (χ3n) is 2.43. The number of hydrogen-bond donors (Lipinski definition) is 2. The number of benzene rings is 1. The largest absolute Gasteiger partial charge is 0.480 e. The molecule has 18 heavy (non-hydrogen) atoms. The molecule has 98 valence electrons. The van der Waals surface area contributed by atoms with Gasteiger partial charge in [-0.3, -0.25) is 9.59 Å². The molecular formula is C12H15FN2O3. The van der Waals surface area contributed by atoms with E-state index in [1.807, 2.05) is 0 Å². The first-order valence-electron chi connectivity index (χ1n) is 5.37. The van der Waals surface area contributed by atoms with E-state index in [1.54, 1.807) is 12.1 Å². The summed E-state index contributed by atoms with van der Waals surface area (Å²) in [7, 11) is 1.38. The van der Waals surface area contributed by atoms with E-state index in [0.29, 0.717) is 0 Å². The van der Waals surface area contributed by atoms with Crippen LogP contribution in [0.2, 0.25) is 0 Å². The van der Waals surface area contributed by atoms with Gasteiger partial charge in [-0.25, -0.2) is 4.39 Å². The fourth-order valence-electron chi connectivity index (χ4n) is 1.53. The molecule has 5 nitrogen and oxygen atoms in total. The lowest BCUT2D eigenvalue weighted by molar-refractivity contribution is -0.143. The standard InChI is InChI=1S/C12H15FN2O3/c1-15(7-11(16)17)12(18)10(14)6-8-2-4-9(13)5-3-8/h2-5,10H,6-7,14H2,1H3,(H,16,17). The summed E-state index contributed by atoms with van der Waals surface area (Å²) in [6, 6.07) is 4.82. The van der Waals surface area contributed by atoms with Crippen LogP contribution in [0.25, 0.3) is 0 Å². The molecule has 0 heterocycles. The van der Waals surface area contributed by atoms with Crippen molar-refractivity contribution in [2.45, 2.75) is 12.5 Å². The molecule has 0 aliphatic rings. The number of halogens is 1. The van der Waals surface area contributed by atoms with Crippen LogP contribution in [0.5, 0.6) is 0 Å². The number of carbonyl (C=O) groups excluding carboxylic acids is 1. The number of amides is 1. The number of carbonyl (C=O) groups is 2. The van der Waals surface area contributed by atoms with Crippen molar-refractivity contribution in [2.75, 3.05) is 13.6 Å². The minimum Gasteiger partial charge on any atom is -0.480 e. The molecule has 0 bridgehead atoms. The molecule has 0 spiro atoms. The zero-order valence-electron chi connectivity index (χ0n) is 9.97. The molecule has 0 saturated carbocycles. The Morgan fingerprint density at radius 1 is 1.39 bits per heavy atom. The highest BCUT2D eigenvalue weighted by Crippen LogP contribution is 2.06. The van der Waals surface area contributed by atoms with Crippen LogP contribution >= 0.6 is 0 Å². The number of nitrogens with two attached hydrogens (primary N) is 1. The molecule has 3 N–H and O–H groups in total. The summed E-state index contributed by atoms with van der Waals surface area (Å²) in [6.45, 7) is -0.393. The maximum atomic E-state index is 12.7. The lowest BCUT2D eigenvalue weighted by Gasteiger charge is -2.19.